The Bertz CT molecular complexity index is 738. The molecule has 3 rings (SSSR count). The van der Waals surface area contributed by atoms with E-state index in [9.17, 15) is 4.79 Å². The van der Waals surface area contributed by atoms with Crippen LogP contribution in [0.1, 0.15) is 28.7 Å². The van der Waals surface area contributed by atoms with Crippen molar-refractivity contribution in [2.75, 3.05) is 19.6 Å². The Kier molecular flexibility index (Phi) is 6.87. The van der Waals surface area contributed by atoms with E-state index in [1.807, 2.05) is 17.9 Å². The number of piperazine rings is 1. The molecule has 1 atom stereocenters. The van der Waals surface area contributed by atoms with Crippen LogP contribution in [0.3, 0.4) is 0 Å². The number of hydrogen-bond acceptors (Lipinski definition) is 5. The van der Waals surface area contributed by atoms with Crippen molar-refractivity contribution in [2.45, 2.75) is 26.5 Å². The lowest BCUT2D eigenvalue weighted by Gasteiger charge is -2.34. The summed E-state index contributed by atoms with van der Waals surface area (Å²) in [6.07, 6.45) is 0. The van der Waals surface area contributed by atoms with E-state index in [4.69, 9.17) is 9.26 Å². The van der Waals surface area contributed by atoms with Crippen LogP contribution in [0.4, 0.5) is 0 Å². The molecule has 1 fully saturated rings. The lowest BCUT2D eigenvalue weighted by molar-refractivity contribution is 0.0655. The third kappa shape index (κ3) is 4.74. The second-order valence-electron chi connectivity index (χ2n) is 5.92. The number of aromatic nitrogens is 1. The number of nitrogens with one attached hydrogen (secondary N) is 1. The number of benzene rings is 1. The molecule has 25 heavy (non-hydrogen) atoms. The van der Waals surface area contributed by atoms with E-state index in [2.05, 4.69) is 33.3 Å². The molecule has 1 N–H and O–H groups in total. The van der Waals surface area contributed by atoms with E-state index >= 15 is 0 Å². The maximum Gasteiger partial charge on any atom is 0.254 e. The largest absolute Gasteiger partial charge is 0.484 e. The van der Waals surface area contributed by atoms with E-state index in [1.165, 1.54) is 0 Å². The molecule has 0 unspecified atom stereocenters. The highest BCUT2D eigenvalue weighted by Gasteiger charge is 2.24. The molecule has 1 saturated heterocycles. The first kappa shape index (κ1) is 19.8. The molecular formula is C17H21BrClN3O3. The first-order chi connectivity index (χ1) is 11.5. The Hall–Kier alpha value is -1.57. The average molecular weight is 431 g/mol. The zero-order chi connectivity index (χ0) is 17.1. The van der Waals surface area contributed by atoms with Crippen molar-refractivity contribution in [3.05, 3.63) is 45.8 Å². The molecule has 1 aromatic heterocycles. The summed E-state index contributed by atoms with van der Waals surface area (Å²) in [4.78, 5) is 14.6. The summed E-state index contributed by atoms with van der Waals surface area (Å²) >= 11 is 3.48. The Balaban J connectivity index is 0.00000225. The second-order valence-corrected chi connectivity index (χ2v) is 6.77. The van der Waals surface area contributed by atoms with Gasteiger partial charge in [0.15, 0.2) is 5.76 Å². The zero-order valence-corrected chi connectivity index (χ0v) is 16.5. The topological polar surface area (TPSA) is 67.6 Å². The summed E-state index contributed by atoms with van der Waals surface area (Å²) in [5.41, 5.74) is 1.47. The first-order valence-electron chi connectivity index (χ1n) is 7.91. The van der Waals surface area contributed by atoms with Crippen molar-refractivity contribution in [1.29, 1.82) is 0 Å². The van der Waals surface area contributed by atoms with Crippen LogP contribution in [0.2, 0.25) is 0 Å². The van der Waals surface area contributed by atoms with Gasteiger partial charge in [-0.05, 0) is 48.0 Å². The molecule has 6 nitrogen and oxygen atoms in total. The van der Waals surface area contributed by atoms with Crippen molar-refractivity contribution in [1.82, 2.24) is 15.4 Å². The molecule has 0 saturated carbocycles. The normalized spacial score (nSPS) is 17.1. The molecule has 1 aromatic carbocycles. The van der Waals surface area contributed by atoms with Gasteiger partial charge < -0.3 is 19.5 Å². The Morgan fingerprint density at radius 1 is 1.48 bits per heavy atom. The Morgan fingerprint density at radius 2 is 2.28 bits per heavy atom. The molecular weight excluding hydrogens is 410 g/mol. The lowest BCUT2D eigenvalue weighted by atomic mass is 10.1. The number of halogens is 2. The highest BCUT2D eigenvalue weighted by Crippen LogP contribution is 2.27. The molecule has 2 heterocycles. The van der Waals surface area contributed by atoms with Crippen molar-refractivity contribution in [3.63, 3.8) is 0 Å². The fourth-order valence-corrected chi connectivity index (χ4v) is 3.19. The summed E-state index contributed by atoms with van der Waals surface area (Å²) in [5.74, 6) is 1.37. The van der Waals surface area contributed by atoms with Gasteiger partial charge in [0.25, 0.3) is 5.91 Å². The number of carbonyl (C=O) groups is 1. The number of carbonyl (C=O) groups excluding carboxylic acids is 1. The maximum atomic E-state index is 12.7. The standard InChI is InChI=1S/C17H20BrN3O3.ClH/c1-11-7-14(24-20-11)10-23-16-4-3-13(8-15(16)18)17(22)21-6-5-19-9-12(21)2;/h3-4,7-8,12,19H,5-6,9-10H2,1-2H3;1H/t12-;/m1./s1. The third-order valence-corrected chi connectivity index (χ3v) is 4.61. The summed E-state index contributed by atoms with van der Waals surface area (Å²) in [7, 11) is 0. The van der Waals surface area contributed by atoms with Crippen molar-refractivity contribution in [2.24, 2.45) is 0 Å². The summed E-state index contributed by atoms with van der Waals surface area (Å²) in [6.45, 7) is 6.58. The smallest absolute Gasteiger partial charge is 0.254 e. The molecule has 2 aromatic rings. The number of aryl methyl sites for hydroxylation is 1. The van der Waals surface area contributed by atoms with Gasteiger partial charge in [-0.15, -0.1) is 12.4 Å². The van der Waals surface area contributed by atoms with Crippen LogP contribution < -0.4 is 10.1 Å². The highest BCUT2D eigenvalue weighted by atomic mass is 79.9. The molecule has 0 radical (unpaired) electrons. The lowest BCUT2D eigenvalue weighted by Crippen LogP contribution is -2.52. The number of rotatable bonds is 4. The molecule has 0 bridgehead atoms. The Morgan fingerprint density at radius 3 is 2.92 bits per heavy atom. The maximum absolute atomic E-state index is 12.7. The van der Waals surface area contributed by atoms with E-state index in [1.54, 1.807) is 18.2 Å². The number of ether oxygens (including phenoxy) is 1. The van der Waals surface area contributed by atoms with E-state index in [0.29, 0.717) is 23.7 Å². The minimum Gasteiger partial charge on any atom is -0.484 e. The SMILES string of the molecule is Cc1cc(COc2ccc(C(=O)N3CCNC[C@H]3C)cc2Br)on1.Cl. The van der Waals surface area contributed by atoms with Gasteiger partial charge in [0, 0.05) is 37.3 Å². The molecule has 8 heteroatoms. The first-order valence-corrected chi connectivity index (χ1v) is 8.70. The van der Waals surface area contributed by atoms with Gasteiger partial charge in [-0.25, -0.2) is 0 Å². The fourth-order valence-electron chi connectivity index (χ4n) is 2.69. The monoisotopic (exact) mass is 429 g/mol. The van der Waals surface area contributed by atoms with Crippen molar-refractivity contribution in [3.8, 4) is 5.75 Å². The third-order valence-electron chi connectivity index (χ3n) is 3.99. The van der Waals surface area contributed by atoms with Crippen LogP contribution >= 0.6 is 28.3 Å². The van der Waals surface area contributed by atoms with Crippen LogP contribution in [0, 0.1) is 6.92 Å². The molecule has 1 amide bonds. The fraction of sp³-hybridized carbons (Fsp3) is 0.412. The molecule has 0 aliphatic carbocycles. The minimum atomic E-state index is 0. The number of amides is 1. The predicted octanol–water partition coefficient (Wildman–Crippen LogP) is 3.18. The summed E-state index contributed by atoms with van der Waals surface area (Å²) < 4.78 is 11.6. The van der Waals surface area contributed by atoms with Gasteiger partial charge >= 0.3 is 0 Å². The van der Waals surface area contributed by atoms with Crippen LogP contribution in [-0.2, 0) is 6.61 Å². The quantitative estimate of drug-likeness (QED) is 0.807. The van der Waals surface area contributed by atoms with Crippen LogP contribution in [-0.4, -0.2) is 41.6 Å². The average Bonchev–Trinajstić information content (AvgIpc) is 2.99. The van der Waals surface area contributed by atoms with Crippen molar-refractivity contribution >= 4 is 34.2 Å². The zero-order valence-electron chi connectivity index (χ0n) is 14.1. The van der Waals surface area contributed by atoms with Crippen molar-refractivity contribution < 1.29 is 14.1 Å². The second kappa shape index (κ2) is 8.69. The van der Waals surface area contributed by atoms with Gasteiger partial charge in [-0.3, -0.25) is 4.79 Å². The van der Waals surface area contributed by atoms with Gasteiger partial charge in [-0.1, -0.05) is 5.16 Å². The molecule has 1 aliphatic heterocycles. The van der Waals surface area contributed by atoms with Gasteiger partial charge in [0.2, 0.25) is 0 Å². The number of hydrogen-bond donors (Lipinski definition) is 1. The van der Waals surface area contributed by atoms with Gasteiger partial charge in [-0.2, -0.15) is 0 Å². The molecule has 1 aliphatic rings. The van der Waals surface area contributed by atoms with Crippen LogP contribution in [0.15, 0.2) is 33.3 Å². The molecule has 0 spiro atoms. The van der Waals surface area contributed by atoms with Gasteiger partial charge in [0.05, 0.1) is 10.2 Å². The van der Waals surface area contributed by atoms with Gasteiger partial charge in [0.1, 0.15) is 12.4 Å². The molecule has 136 valence electrons. The van der Waals surface area contributed by atoms with Crippen LogP contribution in [0.5, 0.6) is 5.75 Å². The highest BCUT2D eigenvalue weighted by molar-refractivity contribution is 9.10. The minimum absolute atomic E-state index is 0. The van der Waals surface area contributed by atoms with E-state index < -0.39 is 0 Å². The van der Waals surface area contributed by atoms with Crippen LogP contribution in [0.25, 0.3) is 0 Å². The van der Waals surface area contributed by atoms with E-state index in [-0.39, 0.29) is 24.4 Å². The number of nitrogens with zero attached hydrogens (tertiary/aromatic N) is 2. The predicted molar refractivity (Wildman–Crippen MR) is 100 cm³/mol. The summed E-state index contributed by atoms with van der Waals surface area (Å²) in [6, 6.07) is 7.42. The Labute approximate surface area is 161 Å². The summed E-state index contributed by atoms with van der Waals surface area (Å²) in [5, 5.41) is 7.11. The van der Waals surface area contributed by atoms with E-state index in [0.717, 1.165) is 29.8 Å².